The van der Waals surface area contributed by atoms with Crippen molar-refractivity contribution in [3.8, 4) is 5.75 Å². The second-order valence-corrected chi connectivity index (χ2v) is 3.62. The number of rotatable bonds is 5. The van der Waals surface area contributed by atoms with E-state index in [0.717, 1.165) is 11.4 Å². The Morgan fingerprint density at radius 2 is 2.35 bits per heavy atom. The summed E-state index contributed by atoms with van der Waals surface area (Å²) < 4.78 is 5.43. The Balaban J connectivity index is 2.03. The van der Waals surface area contributed by atoms with Crippen molar-refractivity contribution in [1.82, 2.24) is 9.97 Å². The molecule has 0 saturated heterocycles. The minimum Gasteiger partial charge on any atom is -0.492 e. The van der Waals surface area contributed by atoms with Crippen molar-refractivity contribution >= 4 is 11.4 Å². The summed E-state index contributed by atoms with van der Waals surface area (Å²) in [6.45, 7) is 3.23. The highest BCUT2D eigenvalue weighted by atomic mass is 16.5. The number of ether oxygens (including phenoxy) is 1. The molecule has 90 valence electrons. The van der Waals surface area contributed by atoms with Crippen LogP contribution < -0.4 is 15.8 Å². The lowest BCUT2D eigenvalue weighted by molar-refractivity contribution is 0.342. The van der Waals surface area contributed by atoms with E-state index in [-0.39, 0.29) is 0 Å². The number of aromatic amines is 1. The minimum absolute atomic E-state index is 0.605. The van der Waals surface area contributed by atoms with Crippen molar-refractivity contribution in [1.29, 1.82) is 0 Å². The normalized spacial score (nSPS) is 10.2. The number of nitrogens with two attached hydrogens (primary N) is 1. The van der Waals surface area contributed by atoms with E-state index in [9.17, 15) is 0 Å². The fourth-order valence-electron chi connectivity index (χ4n) is 1.50. The largest absolute Gasteiger partial charge is 0.492 e. The van der Waals surface area contributed by atoms with Gasteiger partial charge in [-0.3, -0.25) is 0 Å². The van der Waals surface area contributed by atoms with Crippen LogP contribution in [0.5, 0.6) is 5.75 Å². The molecule has 2 rings (SSSR count). The molecule has 0 radical (unpaired) electrons. The van der Waals surface area contributed by atoms with Crippen LogP contribution in [0.4, 0.5) is 11.4 Å². The highest BCUT2D eigenvalue weighted by molar-refractivity contribution is 5.61. The number of nitrogen functional groups attached to an aromatic ring is 1. The quantitative estimate of drug-likeness (QED) is 0.689. The highest BCUT2D eigenvalue weighted by Gasteiger charge is 2.02. The molecule has 0 fully saturated rings. The van der Waals surface area contributed by atoms with Crippen molar-refractivity contribution in [2.75, 3.05) is 17.7 Å². The van der Waals surface area contributed by atoms with E-state index in [1.807, 2.05) is 25.1 Å². The highest BCUT2D eigenvalue weighted by Crippen LogP contribution is 2.25. The first-order chi connectivity index (χ1) is 8.29. The Bertz CT molecular complexity index is 467. The van der Waals surface area contributed by atoms with Crippen molar-refractivity contribution in [3.05, 3.63) is 36.4 Å². The molecule has 0 unspecified atom stereocenters. The van der Waals surface area contributed by atoms with E-state index in [4.69, 9.17) is 10.5 Å². The number of nitrogens with one attached hydrogen (secondary N) is 2. The number of imidazole rings is 1. The first-order valence-electron chi connectivity index (χ1n) is 5.53. The van der Waals surface area contributed by atoms with E-state index >= 15 is 0 Å². The zero-order chi connectivity index (χ0) is 12.1. The summed E-state index contributed by atoms with van der Waals surface area (Å²) in [6, 6.07) is 5.66. The summed E-state index contributed by atoms with van der Waals surface area (Å²) in [4.78, 5) is 6.98. The van der Waals surface area contributed by atoms with Crippen LogP contribution in [-0.4, -0.2) is 16.6 Å². The van der Waals surface area contributed by atoms with E-state index in [1.165, 1.54) is 0 Å². The standard InChI is InChI=1S/C12H16N4O/c1-2-17-12-5-9(3-4-11(12)13)15-7-10-6-14-8-16-10/h3-6,8,15H,2,7,13H2,1H3,(H,14,16). The first-order valence-corrected chi connectivity index (χ1v) is 5.53. The number of anilines is 2. The van der Waals surface area contributed by atoms with E-state index in [0.29, 0.717) is 24.6 Å². The molecule has 0 atom stereocenters. The average molecular weight is 232 g/mol. The summed E-state index contributed by atoms with van der Waals surface area (Å²) in [6.07, 6.45) is 3.44. The third kappa shape index (κ3) is 2.90. The van der Waals surface area contributed by atoms with Crippen LogP contribution in [0, 0.1) is 0 Å². The van der Waals surface area contributed by atoms with Crippen molar-refractivity contribution in [3.63, 3.8) is 0 Å². The molecule has 0 aliphatic heterocycles. The van der Waals surface area contributed by atoms with Gasteiger partial charge >= 0.3 is 0 Å². The molecule has 1 heterocycles. The maximum Gasteiger partial charge on any atom is 0.144 e. The molecule has 0 amide bonds. The fourth-order valence-corrected chi connectivity index (χ4v) is 1.50. The van der Waals surface area contributed by atoms with Crippen LogP contribution in [0.25, 0.3) is 0 Å². The predicted octanol–water partition coefficient (Wildman–Crippen LogP) is 2.00. The summed E-state index contributed by atoms with van der Waals surface area (Å²) in [5, 5.41) is 3.27. The lowest BCUT2D eigenvalue weighted by Gasteiger charge is -2.10. The third-order valence-electron chi connectivity index (χ3n) is 2.35. The van der Waals surface area contributed by atoms with Gasteiger partial charge in [-0.25, -0.2) is 4.98 Å². The summed E-state index contributed by atoms with van der Waals surface area (Å²) in [5.41, 5.74) is 8.45. The smallest absolute Gasteiger partial charge is 0.144 e. The van der Waals surface area contributed by atoms with Crippen molar-refractivity contribution < 1.29 is 4.74 Å². The summed E-state index contributed by atoms with van der Waals surface area (Å²) in [5.74, 6) is 0.710. The molecule has 17 heavy (non-hydrogen) atoms. The van der Waals surface area contributed by atoms with Gasteiger partial charge in [-0.05, 0) is 19.1 Å². The second kappa shape index (κ2) is 5.25. The van der Waals surface area contributed by atoms with Crippen LogP contribution in [-0.2, 0) is 6.54 Å². The molecule has 0 spiro atoms. The van der Waals surface area contributed by atoms with Crippen LogP contribution >= 0.6 is 0 Å². The maximum atomic E-state index is 5.80. The molecule has 4 N–H and O–H groups in total. The van der Waals surface area contributed by atoms with Gasteiger partial charge in [-0.2, -0.15) is 0 Å². The molecule has 5 heteroatoms. The van der Waals surface area contributed by atoms with Gasteiger partial charge in [0.05, 0.1) is 30.9 Å². The predicted molar refractivity (Wildman–Crippen MR) is 67.9 cm³/mol. The van der Waals surface area contributed by atoms with Gasteiger partial charge in [-0.15, -0.1) is 0 Å². The molecule has 1 aromatic heterocycles. The van der Waals surface area contributed by atoms with Gasteiger partial charge < -0.3 is 20.8 Å². The van der Waals surface area contributed by atoms with E-state index in [2.05, 4.69) is 15.3 Å². The summed E-state index contributed by atoms with van der Waals surface area (Å²) >= 11 is 0. The molecule has 0 aliphatic rings. The number of nitrogens with zero attached hydrogens (tertiary/aromatic N) is 1. The minimum atomic E-state index is 0.605. The third-order valence-corrected chi connectivity index (χ3v) is 2.35. The zero-order valence-electron chi connectivity index (χ0n) is 9.73. The molecule has 1 aromatic carbocycles. The van der Waals surface area contributed by atoms with Crippen molar-refractivity contribution in [2.24, 2.45) is 0 Å². The molecule has 0 aliphatic carbocycles. The molecule has 0 bridgehead atoms. The lowest BCUT2D eigenvalue weighted by atomic mass is 10.2. The zero-order valence-corrected chi connectivity index (χ0v) is 9.73. The Morgan fingerprint density at radius 3 is 3.06 bits per heavy atom. The van der Waals surface area contributed by atoms with Gasteiger partial charge in [-0.1, -0.05) is 0 Å². The van der Waals surface area contributed by atoms with Crippen LogP contribution in [0.1, 0.15) is 12.6 Å². The Kier molecular flexibility index (Phi) is 3.49. The van der Waals surface area contributed by atoms with Gasteiger partial charge in [0, 0.05) is 18.0 Å². The Labute approximate surface area is 100 Å². The van der Waals surface area contributed by atoms with Gasteiger partial charge in [0.15, 0.2) is 0 Å². The molecular weight excluding hydrogens is 216 g/mol. The van der Waals surface area contributed by atoms with Crippen LogP contribution in [0.3, 0.4) is 0 Å². The Morgan fingerprint density at radius 1 is 1.47 bits per heavy atom. The fraction of sp³-hybridized carbons (Fsp3) is 0.250. The average Bonchev–Trinajstić information content (AvgIpc) is 2.83. The van der Waals surface area contributed by atoms with Crippen molar-refractivity contribution in [2.45, 2.75) is 13.5 Å². The monoisotopic (exact) mass is 232 g/mol. The number of hydrogen-bond acceptors (Lipinski definition) is 4. The van der Waals surface area contributed by atoms with E-state index in [1.54, 1.807) is 12.5 Å². The number of hydrogen-bond donors (Lipinski definition) is 3. The molecule has 2 aromatic rings. The summed E-state index contributed by atoms with van der Waals surface area (Å²) in [7, 11) is 0. The van der Waals surface area contributed by atoms with Crippen LogP contribution in [0.15, 0.2) is 30.7 Å². The topological polar surface area (TPSA) is 76.0 Å². The number of H-pyrrole nitrogens is 1. The van der Waals surface area contributed by atoms with Gasteiger partial charge in [0.25, 0.3) is 0 Å². The molecular formula is C12H16N4O. The first kappa shape index (κ1) is 11.3. The SMILES string of the molecule is CCOc1cc(NCc2cnc[nH]2)ccc1N. The molecule has 5 nitrogen and oxygen atoms in total. The van der Waals surface area contributed by atoms with E-state index < -0.39 is 0 Å². The molecule has 0 saturated carbocycles. The number of aromatic nitrogens is 2. The lowest BCUT2D eigenvalue weighted by Crippen LogP contribution is -2.02. The Hall–Kier alpha value is -2.17. The number of benzene rings is 1. The van der Waals surface area contributed by atoms with Gasteiger partial charge in [0.1, 0.15) is 5.75 Å². The van der Waals surface area contributed by atoms with Crippen LogP contribution in [0.2, 0.25) is 0 Å². The van der Waals surface area contributed by atoms with Gasteiger partial charge in [0.2, 0.25) is 0 Å². The maximum absolute atomic E-state index is 5.80. The second-order valence-electron chi connectivity index (χ2n) is 3.62.